The molecule has 0 radical (unpaired) electrons. The number of hydrogen-bond donors (Lipinski definition) is 2. The largest absolute Gasteiger partial charge is 0.482 e. The summed E-state index contributed by atoms with van der Waals surface area (Å²) in [5.41, 5.74) is 1.29. The number of ether oxygens (including phenoxy) is 2. The zero-order valence-electron chi connectivity index (χ0n) is 12.7. The Morgan fingerprint density at radius 1 is 1.30 bits per heavy atom. The summed E-state index contributed by atoms with van der Waals surface area (Å²) in [4.78, 5) is 11.4. The van der Waals surface area contributed by atoms with Crippen molar-refractivity contribution in [1.82, 2.24) is 9.03 Å². The molecule has 0 bridgehead atoms. The normalized spacial score (nSPS) is 20.3. The van der Waals surface area contributed by atoms with E-state index in [-0.39, 0.29) is 12.5 Å². The molecule has 1 aromatic rings. The summed E-state index contributed by atoms with van der Waals surface area (Å²) in [6.45, 7) is 3.23. The third-order valence-corrected chi connectivity index (χ3v) is 5.47. The molecule has 0 saturated carbocycles. The van der Waals surface area contributed by atoms with Crippen LogP contribution in [0.4, 0.5) is 5.69 Å². The minimum absolute atomic E-state index is 0.00837. The van der Waals surface area contributed by atoms with Crippen molar-refractivity contribution in [1.29, 1.82) is 0 Å². The first-order valence-corrected chi connectivity index (χ1v) is 8.81. The summed E-state index contributed by atoms with van der Waals surface area (Å²) in [6.07, 6.45) is 0. The Balaban J connectivity index is 1.74. The van der Waals surface area contributed by atoms with Crippen LogP contribution in [0.5, 0.6) is 5.75 Å². The van der Waals surface area contributed by atoms with Crippen LogP contribution >= 0.6 is 0 Å². The topological polar surface area (TPSA) is 97.0 Å². The van der Waals surface area contributed by atoms with Gasteiger partial charge in [-0.3, -0.25) is 4.79 Å². The van der Waals surface area contributed by atoms with Gasteiger partial charge in [0.25, 0.3) is 16.1 Å². The maximum atomic E-state index is 12.4. The Kier molecular flexibility index (Phi) is 4.53. The monoisotopic (exact) mass is 341 g/mol. The maximum Gasteiger partial charge on any atom is 0.280 e. The van der Waals surface area contributed by atoms with Crippen LogP contribution < -0.4 is 14.8 Å². The second kappa shape index (κ2) is 6.44. The van der Waals surface area contributed by atoms with E-state index in [2.05, 4.69) is 10.0 Å². The molecule has 1 fully saturated rings. The number of rotatable bonds is 4. The highest BCUT2D eigenvalue weighted by molar-refractivity contribution is 7.87. The third kappa shape index (κ3) is 3.63. The fourth-order valence-electron chi connectivity index (χ4n) is 2.52. The van der Waals surface area contributed by atoms with Crippen LogP contribution in [0, 0.1) is 0 Å². The van der Waals surface area contributed by atoms with E-state index in [4.69, 9.17) is 9.47 Å². The van der Waals surface area contributed by atoms with Gasteiger partial charge in [-0.15, -0.1) is 0 Å². The second-order valence-corrected chi connectivity index (χ2v) is 7.15. The van der Waals surface area contributed by atoms with E-state index in [0.717, 1.165) is 5.56 Å². The average molecular weight is 341 g/mol. The Morgan fingerprint density at radius 2 is 2.04 bits per heavy atom. The van der Waals surface area contributed by atoms with Gasteiger partial charge in [0.15, 0.2) is 6.61 Å². The Bertz CT molecular complexity index is 700. The van der Waals surface area contributed by atoms with Crippen LogP contribution in [0.2, 0.25) is 0 Å². The number of anilines is 1. The third-order valence-electron chi connectivity index (χ3n) is 3.77. The molecule has 0 aliphatic carbocycles. The molecule has 126 valence electrons. The lowest BCUT2D eigenvalue weighted by molar-refractivity contribution is -0.118. The van der Waals surface area contributed by atoms with E-state index >= 15 is 0 Å². The molecule has 0 spiro atoms. The number of benzene rings is 1. The van der Waals surface area contributed by atoms with E-state index in [1.807, 2.05) is 0 Å². The number of nitrogens with one attached hydrogen (secondary N) is 2. The van der Waals surface area contributed by atoms with Gasteiger partial charge in [-0.1, -0.05) is 6.07 Å². The van der Waals surface area contributed by atoms with E-state index in [9.17, 15) is 13.2 Å². The van der Waals surface area contributed by atoms with E-state index in [1.54, 1.807) is 25.1 Å². The molecule has 2 aliphatic heterocycles. The standard InChI is InChI=1S/C14H19N3O5S/c1-10(16-23(19,20)17-4-6-21-7-5-17)11-2-3-13-12(8-11)15-14(18)9-22-13/h2-3,8,10,16H,4-7,9H2,1H3,(H,15,18)/t10-/m1/s1. The van der Waals surface area contributed by atoms with Crippen LogP contribution in [0.25, 0.3) is 0 Å². The molecular weight excluding hydrogens is 322 g/mol. The molecule has 9 heteroatoms. The Hall–Kier alpha value is -1.68. The fourth-order valence-corrected chi connectivity index (χ4v) is 3.88. The van der Waals surface area contributed by atoms with Crippen molar-refractivity contribution in [2.24, 2.45) is 0 Å². The first-order chi connectivity index (χ1) is 11.0. The second-order valence-electron chi connectivity index (χ2n) is 5.45. The molecule has 2 heterocycles. The van der Waals surface area contributed by atoms with Crippen LogP contribution in [0.3, 0.4) is 0 Å². The highest BCUT2D eigenvalue weighted by atomic mass is 32.2. The summed E-state index contributed by atoms with van der Waals surface area (Å²) in [5, 5.41) is 2.71. The van der Waals surface area contributed by atoms with Crippen LogP contribution in [-0.4, -0.2) is 51.5 Å². The van der Waals surface area contributed by atoms with Crippen LogP contribution in [-0.2, 0) is 19.7 Å². The number of amides is 1. The van der Waals surface area contributed by atoms with Gasteiger partial charge in [0, 0.05) is 19.1 Å². The van der Waals surface area contributed by atoms with E-state index in [1.165, 1.54) is 4.31 Å². The summed E-state index contributed by atoms with van der Waals surface area (Å²) in [7, 11) is -3.58. The number of fused-ring (bicyclic) bond motifs is 1. The highest BCUT2D eigenvalue weighted by Crippen LogP contribution is 2.30. The molecule has 1 amide bonds. The number of carbonyl (C=O) groups excluding carboxylic acids is 1. The minimum Gasteiger partial charge on any atom is -0.482 e. The molecule has 8 nitrogen and oxygen atoms in total. The van der Waals surface area contributed by atoms with Crippen LogP contribution in [0.15, 0.2) is 18.2 Å². The summed E-state index contributed by atoms with van der Waals surface area (Å²) in [5.74, 6) is 0.354. The van der Waals surface area contributed by atoms with Crippen molar-refractivity contribution < 1.29 is 22.7 Å². The quantitative estimate of drug-likeness (QED) is 0.818. The SMILES string of the molecule is C[C@@H](NS(=O)(=O)N1CCOCC1)c1ccc2c(c1)NC(=O)CO2. The fraction of sp³-hybridized carbons (Fsp3) is 0.500. The molecule has 1 saturated heterocycles. The molecule has 1 aromatic carbocycles. The molecule has 23 heavy (non-hydrogen) atoms. The van der Waals surface area contributed by atoms with Crippen molar-refractivity contribution in [3.63, 3.8) is 0 Å². The molecule has 0 unspecified atom stereocenters. The Labute approximate surface area is 134 Å². The smallest absolute Gasteiger partial charge is 0.280 e. The Morgan fingerprint density at radius 3 is 2.78 bits per heavy atom. The van der Waals surface area contributed by atoms with Crippen LogP contribution in [0.1, 0.15) is 18.5 Å². The van der Waals surface area contributed by atoms with Gasteiger partial charge in [-0.2, -0.15) is 17.4 Å². The van der Waals surface area contributed by atoms with Crippen molar-refractivity contribution in [3.8, 4) is 5.75 Å². The molecule has 0 aromatic heterocycles. The van der Waals surface area contributed by atoms with Gasteiger partial charge >= 0.3 is 0 Å². The van der Waals surface area contributed by atoms with Crippen molar-refractivity contribution >= 4 is 21.8 Å². The first kappa shape index (κ1) is 16.2. The molecule has 2 N–H and O–H groups in total. The molecular formula is C14H19N3O5S. The summed E-state index contributed by atoms with van der Waals surface area (Å²) in [6, 6.07) is 4.79. The first-order valence-electron chi connectivity index (χ1n) is 7.37. The number of nitrogens with zero attached hydrogens (tertiary/aromatic N) is 1. The predicted molar refractivity (Wildman–Crippen MR) is 83.4 cm³/mol. The summed E-state index contributed by atoms with van der Waals surface area (Å²) >= 11 is 0. The van der Waals surface area contributed by atoms with Gasteiger partial charge in [0.05, 0.1) is 18.9 Å². The van der Waals surface area contributed by atoms with Crippen molar-refractivity contribution in [3.05, 3.63) is 23.8 Å². The number of hydrogen-bond acceptors (Lipinski definition) is 5. The molecule has 3 rings (SSSR count). The minimum atomic E-state index is -3.58. The predicted octanol–water partition coefficient (Wildman–Crippen LogP) is 0.245. The van der Waals surface area contributed by atoms with E-state index in [0.29, 0.717) is 37.7 Å². The number of morpholine rings is 1. The lowest BCUT2D eigenvalue weighted by atomic mass is 10.1. The molecule has 1 atom stereocenters. The summed E-state index contributed by atoms with van der Waals surface area (Å²) < 4.78 is 39.2. The van der Waals surface area contributed by atoms with Gasteiger partial charge < -0.3 is 14.8 Å². The number of carbonyl (C=O) groups is 1. The van der Waals surface area contributed by atoms with Crippen molar-refractivity contribution in [2.75, 3.05) is 38.2 Å². The molecule has 2 aliphatic rings. The lowest BCUT2D eigenvalue weighted by Gasteiger charge is -2.28. The van der Waals surface area contributed by atoms with E-state index < -0.39 is 16.3 Å². The van der Waals surface area contributed by atoms with Gasteiger partial charge in [-0.05, 0) is 24.6 Å². The zero-order valence-corrected chi connectivity index (χ0v) is 13.6. The van der Waals surface area contributed by atoms with Gasteiger partial charge in [0.2, 0.25) is 0 Å². The average Bonchev–Trinajstić information content (AvgIpc) is 2.54. The van der Waals surface area contributed by atoms with Gasteiger partial charge in [0.1, 0.15) is 5.75 Å². The van der Waals surface area contributed by atoms with Gasteiger partial charge in [-0.25, -0.2) is 0 Å². The zero-order chi connectivity index (χ0) is 16.4. The maximum absolute atomic E-state index is 12.4. The lowest BCUT2D eigenvalue weighted by Crippen LogP contribution is -2.47. The highest BCUT2D eigenvalue weighted by Gasteiger charge is 2.26. The van der Waals surface area contributed by atoms with Crippen molar-refractivity contribution in [2.45, 2.75) is 13.0 Å².